The number of hydrogen-bond acceptors (Lipinski definition) is 0. The summed E-state index contributed by atoms with van der Waals surface area (Å²) in [6.07, 6.45) is 0. The summed E-state index contributed by atoms with van der Waals surface area (Å²) in [5.41, 5.74) is 5.48. The second kappa shape index (κ2) is 8.78. The maximum Gasteiger partial charge on any atom is 0.00673 e. The molecular formula is C42H30. The summed E-state index contributed by atoms with van der Waals surface area (Å²) in [6.45, 7) is 4.70. The van der Waals surface area contributed by atoms with Crippen LogP contribution in [0.5, 0.6) is 0 Å². The van der Waals surface area contributed by atoms with Crippen molar-refractivity contribution < 1.29 is 0 Å². The first-order valence-electron chi connectivity index (χ1n) is 15.1. The van der Waals surface area contributed by atoms with Gasteiger partial charge in [-0.15, -0.1) is 0 Å². The highest BCUT2D eigenvalue weighted by Crippen LogP contribution is 2.41. The second-order valence-electron chi connectivity index (χ2n) is 12.2. The molecule has 0 heterocycles. The van der Waals surface area contributed by atoms with Crippen molar-refractivity contribution in [2.24, 2.45) is 0 Å². The zero-order chi connectivity index (χ0) is 27.9. The van der Waals surface area contributed by atoms with Crippen LogP contribution in [0.1, 0.15) is 47.9 Å². The molecule has 0 aliphatic rings. The van der Waals surface area contributed by atoms with Gasteiger partial charge in [0.15, 0.2) is 0 Å². The van der Waals surface area contributed by atoms with Gasteiger partial charge in [-0.2, -0.15) is 0 Å². The molecule has 42 heavy (non-hydrogen) atoms. The van der Waals surface area contributed by atoms with E-state index >= 15 is 0 Å². The fourth-order valence-corrected chi connectivity index (χ4v) is 7.62. The van der Waals surface area contributed by atoms with E-state index in [0.29, 0.717) is 11.8 Å². The average Bonchev–Trinajstić information content (AvgIpc) is 3.05. The molecule has 0 nitrogen and oxygen atoms in total. The van der Waals surface area contributed by atoms with Gasteiger partial charge in [0.25, 0.3) is 0 Å². The zero-order valence-corrected chi connectivity index (χ0v) is 23.9. The summed E-state index contributed by atoms with van der Waals surface area (Å²) in [4.78, 5) is 0. The maximum atomic E-state index is 2.43. The molecule has 0 aliphatic carbocycles. The van der Waals surface area contributed by atoms with E-state index in [0.717, 1.165) is 0 Å². The van der Waals surface area contributed by atoms with Crippen molar-refractivity contribution in [2.75, 3.05) is 0 Å². The number of rotatable bonds is 4. The summed E-state index contributed by atoms with van der Waals surface area (Å²) in [6, 6.07) is 50.3. The van der Waals surface area contributed by atoms with Crippen molar-refractivity contribution in [3.8, 4) is 0 Å². The molecule has 0 aromatic heterocycles. The molecule has 2 atom stereocenters. The van der Waals surface area contributed by atoms with Gasteiger partial charge in [0, 0.05) is 11.8 Å². The first-order valence-corrected chi connectivity index (χ1v) is 15.1. The van der Waals surface area contributed by atoms with Crippen molar-refractivity contribution in [1.29, 1.82) is 0 Å². The van der Waals surface area contributed by atoms with Gasteiger partial charge < -0.3 is 0 Å². The minimum atomic E-state index is 0.293. The fraction of sp³-hybridized carbons (Fsp3) is 0.0952. The maximum absolute atomic E-state index is 2.43. The first kappa shape index (κ1) is 23.7. The van der Waals surface area contributed by atoms with Gasteiger partial charge in [-0.1, -0.05) is 141 Å². The van der Waals surface area contributed by atoms with Crippen LogP contribution in [0, 0.1) is 0 Å². The Balaban J connectivity index is 1.10. The third-order valence-electron chi connectivity index (χ3n) is 9.93. The van der Waals surface area contributed by atoms with E-state index in [4.69, 9.17) is 0 Å². The Labute approximate surface area is 245 Å². The lowest BCUT2D eigenvalue weighted by molar-refractivity contribution is 0.905. The minimum absolute atomic E-state index is 0.293. The van der Waals surface area contributed by atoms with E-state index in [1.54, 1.807) is 0 Å². The van der Waals surface area contributed by atoms with Crippen molar-refractivity contribution >= 4 is 64.6 Å². The Kier molecular flexibility index (Phi) is 4.96. The Morgan fingerprint density at radius 1 is 0.333 bits per heavy atom. The summed E-state index contributed by atoms with van der Waals surface area (Å²) >= 11 is 0. The molecule has 0 spiro atoms. The molecule has 0 heteroatoms. The third kappa shape index (κ3) is 3.36. The van der Waals surface area contributed by atoms with Crippen molar-refractivity contribution in [2.45, 2.75) is 25.7 Å². The van der Waals surface area contributed by atoms with Gasteiger partial charge in [0.2, 0.25) is 0 Å². The van der Waals surface area contributed by atoms with Crippen LogP contribution >= 0.6 is 0 Å². The lowest BCUT2D eigenvalue weighted by atomic mass is 9.83. The van der Waals surface area contributed by atoms with Crippen LogP contribution in [0.2, 0.25) is 0 Å². The lowest BCUT2D eigenvalue weighted by Gasteiger charge is -2.20. The van der Waals surface area contributed by atoms with Crippen molar-refractivity contribution in [3.05, 3.63) is 156 Å². The first-order chi connectivity index (χ1) is 20.6. The SMILES string of the molecule is CC(c1ccc(C(C)c2cc3cccc4ccc5cccc2c5c43)cc1)c1cc2ccc3cccc4ccc(c1)c2c34. The highest BCUT2D eigenvalue weighted by atomic mass is 14.2. The number of hydrogen-bond donors (Lipinski definition) is 0. The predicted molar refractivity (Wildman–Crippen MR) is 182 cm³/mol. The summed E-state index contributed by atoms with van der Waals surface area (Å²) in [7, 11) is 0. The molecule has 0 amide bonds. The van der Waals surface area contributed by atoms with Crippen molar-refractivity contribution in [3.63, 3.8) is 0 Å². The highest BCUT2D eigenvalue weighted by Gasteiger charge is 2.18. The molecular weight excluding hydrogens is 504 g/mol. The smallest absolute Gasteiger partial charge is 0.00673 e. The van der Waals surface area contributed by atoms with Gasteiger partial charge in [-0.3, -0.25) is 0 Å². The standard InChI is InChI=1S/C42H30/c1-25(36-22-34-20-18-29-6-3-7-30-19-21-35(23-36)41(34)39(29)30)27-12-14-28(15-13-27)26(2)38-24-33-10-4-8-31-16-17-32-9-5-11-37(38)42(32)40(31)33/h3-26H,1-2H3. The van der Waals surface area contributed by atoms with E-state index < -0.39 is 0 Å². The quantitative estimate of drug-likeness (QED) is 0.197. The summed E-state index contributed by atoms with van der Waals surface area (Å²) in [5, 5.41) is 16.2. The Morgan fingerprint density at radius 3 is 1.33 bits per heavy atom. The monoisotopic (exact) mass is 534 g/mol. The summed E-state index contributed by atoms with van der Waals surface area (Å²) < 4.78 is 0. The molecule has 0 saturated carbocycles. The molecule has 0 aliphatic heterocycles. The fourth-order valence-electron chi connectivity index (χ4n) is 7.62. The van der Waals surface area contributed by atoms with Crippen LogP contribution in [0.15, 0.2) is 133 Å². The van der Waals surface area contributed by atoms with Crippen molar-refractivity contribution in [1.82, 2.24) is 0 Å². The van der Waals surface area contributed by atoms with E-state index in [-0.39, 0.29) is 0 Å². The Bertz CT molecular complexity index is 2360. The van der Waals surface area contributed by atoms with Gasteiger partial charge in [0.1, 0.15) is 0 Å². The molecule has 9 aromatic rings. The molecule has 0 bridgehead atoms. The molecule has 0 fully saturated rings. The predicted octanol–water partition coefficient (Wildman–Crippen LogP) is 11.8. The molecule has 9 aromatic carbocycles. The van der Waals surface area contributed by atoms with Crippen LogP contribution in [-0.2, 0) is 0 Å². The topological polar surface area (TPSA) is 0 Å². The summed E-state index contributed by atoms with van der Waals surface area (Å²) in [5.74, 6) is 0.602. The zero-order valence-electron chi connectivity index (χ0n) is 23.9. The van der Waals surface area contributed by atoms with E-state index in [1.165, 1.54) is 86.9 Å². The molecule has 2 unspecified atom stereocenters. The lowest BCUT2D eigenvalue weighted by Crippen LogP contribution is -2.01. The molecule has 198 valence electrons. The Morgan fingerprint density at radius 2 is 0.738 bits per heavy atom. The third-order valence-corrected chi connectivity index (χ3v) is 9.93. The van der Waals surface area contributed by atoms with E-state index in [2.05, 4.69) is 147 Å². The highest BCUT2D eigenvalue weighted by molar-refractivity contribution is 6.24. The van der Waals surface area contributed by atoms with E-state index in [9.17, 15) is 0 Å². The van der Waals surface area contributed by atoms with Crippen LogP contribution in [0.25, 0.3) is 64.6 Å². The van der Waals surface area contributed by atoms with E-state index in [1.807, 2.05) is 0 Å². The normalized spacial score (nSPS) is 13.8. The minimum Gasteiger partial charge on any atom is -0.0610 e. The second-order valence-corrected chi connectivity index (χ2v) is 12.2. The number of benzene rings is 9. The molecule has 0 radical (unpaired) electrons. The molecule has 0 N–H and O–H groups in total. The van der Waals surface area contributed by atoms with Crippen LogP contribution in [0.4, 0.5) is 0 Å². The van der Waals surface area contributed by atoms with Gasteiger partial charge >= 0.3 is 0 Å². The molecule has 0 saturated heterocycles. The Hall–Kier alpha value is -4.94. The van der Waals surface area contributed by atoms with Crippen LogP contribution in [-0.4, -0.2) is 0 Å². The average molecular weight is 535 g/mol. The van der Waals surface area contributed by atoms with Crippen LogP contribution in [0.3, 0.4) is 0 Å². The molecule has 9 rings (SSSR count). The van der Waals surface area contributed by atoms with Gasteiger partial charge in [-0.25, -0.2) is 0 Å². The van der Waals surface area contributed by atoms with Crippen LogP contribution < -0.4 is 0 Å². The van der Waals surface area contributed by atoms with Gasteiger partial charge in [-0.05, 0) is 93.0 Å². The van der Waals surface area contributed by atoms with Gasteiger partial charge in [0.05, 0.1) is 0 Å². The largest absolute Gasteiger partial charge is 0.0610 e.